The van der Waals surface area contributed by atoms with Gasteiger partial charge in [-0.15, -0.1) is 0 Å². The number of aliphatic carboxylic acids is 2. The van der Waals surface area contributed by atoms with Crippen LogP contribution in [0.3, 0.4) is 0 Å². The Morgan fingerprint density at radius 2 is 1.38 bits per heavy atom. The molecule has 8 heteroatoms. The maximum absolute atomic E-state index is 12.8. The quantitative estimate of drug-likeness (QED) is 0.794. The predicted octanol–water partition coefficient (Wildman–Crippen LogP) is 2.89. The Morgan fingerprint density at radius 1 is 0.897 bits per heavy atom. The molecule has 1 aliphatic carbocycles. The minimum Gasteiger partial charge on any atom is -0.480 e. The van der Waals surface area contributed by atoms with Crippen molar-refractivity contribution in [3.8, 4) is 11.1 Å². The molecule has 2 aromatic rings. The molecule has 1 heterocycles. The van der Waals surface area contributed by atoms with E-state index in [1.807, 2.05) is 48.5 Å². The summed E-state index contributed by atoms with van der Waals surface area (Å²) in [7, 11) is 0. The van der Waals surface area contributed by atoms with Crippen molar-refractivity contribution in [2.24, 2.45) is 0 Å². The molecule has 0 spiro atoms. The number of thioether (sulfide) groups is 1. The van der Waals surface area contributed by atoms with Crippen molar-refractivity contribution in [3.63, 3.8) is 0 Å². The highest BCUT2D eigenvalue weighted by molar-refractivity contribution is 7.99. The van der Waals surface area contributed by atoms with E-state index in [1.165, 1.54) is 11.8 Å². The Balaban J connectivity index is 1.57. The van der Waals surface area contributed by atoms with Gasteiger partial charge < -0.3 is 14.9 Å². The Hall–Kier alpha value is -3.00. The molecule has 0 aromatic heterocycles. The van der Waals surface area contributed by atoms with Gasteiger partial charge in [-0.2, -0.15) is 11.8 Å². The Labute approximate surface area is 171 Å². The number of carboxylic acid groups (broad SMARTS) is 2. The monoisotopic (exact) mass is 413 g/mol. The standard InChI is InChI=1S/C21H19NO6S/c23-19(24)17-10-29-11-18(20(25)26)22(17)21(27)28-9-16-14-7-3-1-5-12(14)13-6-2-4-8-15(13)16/h1-8,16-18H,9-11H2,(H,23,24)(H,25,26). The first-order valence-electron chi connectivity index (χ1n) is 9.15. The summed E-state index contributed by atoms with van der Waals surface area (Å²) in [5.74, 6) is -2.40. The third-order valence-corrected chi connectivity index (χ3v) is 6.44. The van der Waals surface area contributed by atoms with E-state index in [-0.39, 0.29) is 24.0 Å². The number of hydrogen-bond acceptors (Lipinski definition) is 5. The molecule has 2 N–H and O–H groups in total. The minimum absolute atomic E-state index is 0.00911. The van der Waals surface area contributed by atoms with Crippen LogP contribution in [0.25, 0.3) is 11.1 Å². The molecule has 29 heavy (non-hydrogen) atoms. The third kappa shape index (κ3) is 3.44. The molecule has 0 bridgehead atoms. The molecule has 1 aliphatic heterocycles. The molecule has 1 amide bonds. The second-order valence-electron chi connectivity index (χ2n) is 6.96. The topological polar surface area (TPSA) is 104 Å². The van der Waals surface area contributed by atoms with Gasteiger partial charge in [-0.05, 0) is 22.3 Å². The first-order valence-corrected chi connectivity index (χ1v) is 10.3. The van der Waals surface area contributed by atoms with Gasteiger partial charge in [-0.1, -0.05) is 48.5 Å². The zero-order chi connectivity index (χ0) is 20.5. The maximum atomic E-state index is 12.8. The van der Waals surface area contributed by atoms with Crippen molar-refractivity contribution in [1.82, 2.24) is 4.90 Å². The average Bonchev–Trinajstić information content (AvgIpc) is 3.05. The van der Waals surface area contributed by atoms with E-state index in [2.05, 4.69) is 0 Å². The molecule has 2 unspecified atom stereocenters. The van der Waals surface area contributed by atoms with Crippen molar-refractivity contribution < 1.29 is 29.3 Å². The molecule has 2 aliphatic rings. The molecular formula is C21H19NO6S. The van der Waals surface area contributed by atoms with Crippen LogP contribution < -0.4 is 0 Å². The number of carboxylic acids is 2. The summed E-state index contributed by atoms with van der Waals surface area (Å²) in [6.07, 6.45) is -0.910. The van der Waals surface area contributed by atoms with Crippen LogP contribution in [0.1, 0.15) is 17.0 Å². The van der Waals surface area contributed by atoms with Crippen molar-refractivity contribution >= 4 is 29.8 Å². The lowest BCUT2D eigenvalue weighted by Crippen LogP contribution is -2.58. The van der Waals surface area contributed by atoms with Crippen LogP contribution >= 0.6 is 11.8 Å². The summed E-state index contributed by atoms with van der Waals surface area (Å²) >= 11 is 1.20. The second-order valence-corrected chi connectivity index (χ2v) is 8.03. The molecule has 0 saturated carbocycles. The summed E-state index contributed by atoms with van der Waals surface area (Å²) in [6, 6.07) is 13.3. The number of carbonyl (C=O) groups is 3. The first-order chi connectivity index (χ1) is 14.0. The zero-order valence-electron chi connectivity index (χ0n) is 15.4. The zero-order valence-corrected chi connectivity index (χ0v) is 16.2. The van der Waals surface area contributed by atoms with E-state index in [0.29, 0.717) is 0 Å². The molecule has 1 saturated heterocycles. The van der Waals surface area contributed by atoms with Crippen molar-refractivity contribution in [3.05, 3.63) is 59.7 Å². The van der Waals surface area contributed by atoms with Gasteiger partial charge in [0.1, 0.15) is 18.7 Å². The molecule has 4 rings (SSSR count). The molecule has 1 fully saturated rings. The summed E-state index contributed by atoms with van der Waals surface area (Å²) in [4.78, 5) is 36.8. The summed E-state index contributed by atoms with van der Waals surface area (Å²) in [5, 5.41) is 18.9. The number of hydrogen-bond donors (Lipinski definition) is 2. The average molecular weight is 413 g/mol. The first kappa shape index (κ1) is 19.3. The van der Waals surface area contributed by atoms with E-state index >= 15 is 0 Å². The number of carbonyl (C=O) groups excluding carboxylic acids is 1. The molecular weight excluding hydrogens is 394 g/mol. The number of amides is 1. The lowest BCUT2D eigenvalue weighted by atomic mass is 9.98. The summed E-state index contributed by atoms with van der Waals surface area (Å²) in [6.45, 7) is 0.00911. The predicted molar refractivity (Wildman–Crippen MR) is 107 cm³/mol. The molecule has 0 radical (unpaired) electrons. The molecule has 2 aromatic carbocycles. The lowest BCUT2D eigenvalue weighted by molar-refractivity contribution is -0.148. The van der Waals surface area contributed by atoms with E-state index in [4.69, 9.17) is 4.74 Å². The number of benzene rings is 2. The largest absolute Gasteiger partial charge is 0.480 e. The van der Waals surface area contributed by atoms with E-state index in [9.17, 15) is 24.6 Å². The molecule has 150 valence electrons. The van der Waals surface area contributed by atoms with Gasteiger partial charge in [0.25, 0.3) is 0 Å². The normalized spacial score (nSPS) is 20.6. The summed E-state index contributed by atoms with van der Waals surface area (Å²) < 4.78 is 5.49. The van der Waals surface area contributed by atoms with Crippen LogP contribution in [-0.4, -0.2) is 63.3 Å². The van der Waals surface area contributed by atoms with Gasteiger partial charge in [0.05, 0.1) is 0 Å². The van der Waals surface area contributed by atoms with Crippen molar-refractivity contribution in [2.45, 2.75) is 18.0 Å². The fourth-order valence-corrected chi connectivity index (χ4v) is 5.16. The van der Waals surface area contributed by atoms with E-state index in [0.717, 1.165) is 27.2 Å². The van der Waals surface area contributed by atoms with Crippen LogP contribution in [-0.2, 0) is 14.3 Å². The fraction of sp³-hybridized carbons (Fsp3) is 0.286. The number of nitrogens with zero attached hydrogens (tertiary/aromatic N) is 1. The SMILES string of the molecule is O=C(O)C1CSCC(C(=O)O)N1C(=O)OCC1c2ccccc2-c2ccccc21. The summed E-state index contributed by atoms with van der Waals surface area (Å²) in [5.41, 5.74) is 4.20. The number of fused-ring (bicyclic) bond motifs is 3. The van der Waals surface area contributed by atoms with Crippen LogP contribution in [0.4, 0.5) is 4.79 Å². The van der Waals surface area contributed by atoms with Gasteiger partial charge in [-0.3, -0.25) is 4.90 Å². The Bertz CT molecular complexity index is 910. The van der Waals surface area contributed by atoms with Gasteiger partial charge in [0, 0.05) is 17.4 Å². The van der Waals surface area contributed by atoms with Crippen LogP contribution in [0, 0.1) is 0 Å². The van der Waals surface area contributed by atoms with E-state index < -0.39 is 30.1 Å². The van der Waals surface area contributed by atoms with E-state index in [1.54, 1.807) is 0 Å². The van der Waals surface area contributed by atoms with Crippen LogP contribution in [0.5, 0.6) is 0 Å². The number of ether oxygens (including phenoxy) is 1. The second kappa shape index (κ2) is 7.79. The fourth-order valence-electron chi connectivity index (χ4n) is 3.97. The smallest absolute Gasteiger partial charge is 0.411 e. The lowest BCUT2D eigenvalue weighted by Gasteiger charge is -2.36. The van der Waals surface area contributed by atoms with Gasteiger partial charge in [0.2, 0.25) is 0 Å². The highest BCUT2D eigenvalue weighted by Crippen LogP contribution is 2.44. The van der Waals surface area contributed by atoms with Gasteiger partial charge in [-0.25, -0.2) is 14.4 Å². The number of rotatable bonds is 4. The third-order valence-electron chi connectivity index (χ3n) is 5.34. The maximum Gasteiger partial charge on any atom is 0.411 e. The highest BCUT2D eigenvalue weighted by Gasteiger charge is 2.43. The van der Waals surface area contributed by atoms with Gasteiger partial charge in [0.15, 0.2) is 0 Å². The highest BCUT2D eigenvalue weighted by atomic mass is 32.2. The van der Waals surface area contributed by atoms with Crippen LogP contribution in [0.15, 0.2) is 48.5 Å². The molecule has 2 atom stereocenters. The van der Waals surface area contributed by atoms with Crippen LogP contribution in [0.2, 0.25) is 0 Å². The van der Waals surface area contributed by atoms with Crippen molar-refractivity contribution in [1.29, 1.82) is 0 Å². The molecule has 7 nitrogen and oxygen atoms in total. The Kier molecular flexibility index (Phi) is 5.19. The Morgan fingerprint density at radius 3 is 1.86 bits per heavy atom. The van der Waals surface area contributed by atoms with Gasteiger partial charge >= 0.3 is 18.0 Å². The minimum atomic E-state index is -1.24. The van der Waals surface area contributed by atoms with Crippen molar-refractivity contribution in [2.75, 3.05) is 18.1 Å².